The van der Waals surface area contributed by atoms with Crippen LogP contribution in [-0.4, -0.2) is 15.9 Å². The van der Waals surface area contributed by atoms with E-state index >= 15 is 0 Å². The first-order valence-corrected chi connectivity index (χ1v) is 5.27. The Kier molecular flexibility index (Phi) is 3.38. The maximum absolute atomic E-state index is 12.9. The van der Waals surface area contributed by atoms with E-state index in [9.17, 15) is 9.18 Å². The summed E-state index contributed by atoms with van der Waals surface area (Å²) in [5, 5.41) is 2.62. The standard InChI is InChI=1S/C11H8ClFN4O/c12-9-5-16-10(14)2-8(9)11(18)17-7-1-6(13)3-15-4-7/h1-5H,(H2,14,16)(H,17,18). The Morgan fingerprint density at radius 1 is 1.33 bits per heavy atom. The van der Waals surface area contributed by atoms with Crippen LogP contribution in [0.3, 0.4) is 0 Å². The minimum atomic E-state index is -0.548. The summed E-state index contributed by atoms with van der Waals surface area (Å²) < 4.78 is 12.9. The van der Waals surface area contributed by atoms with Gasteiger partial charge in [-0.25, -0.2) is 9.37 Å². The monoisotopic (exact) mass is 266 g/mol. The quantitative estimate of drug-likeness (QED) is 0.872. The van der Waals surface area contributed by atoms with Crippen molar-refractivity contribution in [3.8, 4) is 0 Å². The minimum Gasteiger partial charge on any atom is -0.384 e. The molecule has 0 saturated carbocycles. The molecule has 2 aromatic heterocycles. The lowest BCUT2D eigenvalue weighted by molar-refractivity contribution is 0.102. The average molecular weight is 267 g/mol. The molecule has 2 rings (SSSR count). The van der Waals surface area contributed by atoms with E-state index in [1.165, 1.54) is 18.5 Å². The molecule has 2 heterocycles. The van der Waals surface area contributed by atoms with Gasteiger partial charge in [0.1, 0.15) is 11.6 Å². The summed E-state index contributed by atoms with van der Waals surface area (Å²) in [6.07, 6.45) is 3.63. The van der Waals surface area contributed by atoms with Gasteiger partial charge in [0.05, 0.1) is 28.7 Å². The van der Waals surface area contributed by atoms with Gasteiger partial charge in [0.15, 0.2) is 0 Å². The van der Waals surface area contributed by atoms with Gasteiger partial charge in [0.2, 0.25) is 0 Å². The van der Waals surface area contributed by atoms with Crippen LogP contribution in [0.15, 0.2) is 30.7 Å². The van der Waals surface area contributed by atoms with Crippen molar-refractivity contribution in [2.24, 2.45) is 0 Å². The molecule has 0 spiro atoms. The largest absolute Gasteiger partial charge is 0.384 e. The number of carbonyl (C=O) groups is 1. The van der Waals surface area contributed by atoms with Gasteiger partial charge in [0.25, 0.3) is 5.91 Å². The van der Waals surface area contributed by atoms with Crippen molar-refractivity contribution in [2.45, 2.75) is 0 Å². The molecule has 0 radical (unpaired) electrons. The number of amides is 1. The van der Waals surface area contributed by atoms with E-state index in [2.05, 4.69) is 15.3 Å². The number of nitrogens with one attached hydrogen (secondary N) is 1. The van der Waals surface area contributed by atoms with Crippen molar-refractivity contribution in [3.63, 3.8) is 0 Å². The first-order valence-electron chi connectivity index (χ1n) is 4.89. The molecule has 0 aliphatic heterocycles. The number of pyridine rings is 2. The molecule has 0 unspecified atom stereocenters. The highest BCUT2D eigenvalue weighted by atomic mass is 35.5. The highest BCUT2D eigenvalue weighted by Crippen LogP contribution is 2.18. The third-order valence-electron chi connectivity index (χ3n) is 2.08. The van der Waals surface area contributed by atoms with Crippen LogP contribution in [0.5, 0.6) is 0 Å². The van der Waals surface area contributed by atoms with Crippen LogP contribution < -0.4 is 11.1 Å². The topological polar surface area (TPSA) is 80.9 Å². The lowest BCUT2D eigenvalue weighted by Gasteiger charge is -2.06. The van der Waals surface area contributed by atoms with E-state index in [1.54, 1.807) is 0 Å². The number of hydrogen-bond acceptors (Lipinski definition) is 4. The lowest BCUT2D eigenvalue weighted by atomic mass is 10.2. The van der Waals surface area contributed by atoms with E-state index < -0.39 is 11.7 Å². The minimum absolute atomic E-state index is 0.158. The van der Waals surface area contributed by atoms with Crippen molar-refractivity contribution in [1.29, 1.82) is 0 Å². The SMILES string of the molecule is Nc1cc(C(=O)Nc2cncc(F)c2)c(Cl)cn1. The summed E-state index contributed by atoms with van der Waals surface area (Å²) in [7, 11) is 0. The molecule has 3 N–H and O–H groups in total. The first-order chi connectivity index (χ1) is 8.56. The molecule has 7 heteroatoms. The fourth-order valence-corrected chi connectivity index (χ4v) is 1.50. The van der Waals surface area contributed by atoms with Crippen molar-refractivity contribution in [2.75, 3.05) is 11.1 Å². The number of carbonyl (C=O) groups excluding carboxylic acids is 1. The molecule has 5 nitrogen and oxygen atoms in total. The molecule has 1 amide bonds. The van der Waals surface area contributed by atoms with E-state index in [0.29, 0.717) is 0 Å². The Hall–Kier alpha value is -2.21. The number of nitrogens with two attached hydrogens (primary N) is 1. The van der Waals surface area contributed by atoms with Crippen LogP contribution in [-0.2, 0) is 0 Å². The van der Waals surface area contributed by atoms with E-state index in [-0.39, 0.29) is 22.1 Å². The number of nitrogens with zero attached hydrogens (tertiary/aromatic N) is 2. The van der Waals surface area contributed by atoms with Gasteiger partial charge >= 0.3 is 0 Å². The fourth-order valence-electron chi connectivity index (χ4n) is 1.31. The van der Waals surface area contributed by atoms with Gasteiger partial charge in [0, 0.05) is 12.3 Å². The van der Waals surface area contributed by atoms with Crippen molar-refractivity contribution in [3.05, 3.63) is 47.1 Å². The van der Waals surface area contributed by atoms with Gasteiger partial charge in [-0.15, -0.1) is 0 Å². The summed E-state index contributed by atoms with van der Waals surface area (Å²) >= 11 is 5.82. The molecule has 0 atom stereocenters. The molecular weight excluding hydrogens is 259 g/mol. The zero-order valence-corrected chi connectivity index (χ0v) is 9.78. The summed E-state index contributed by atoms with van der Waals surface area (Å²) in [5.74, 6) is -0.892. The number of rotatable bonds is 2. The highest BCUT2D eigenvalue weighted by Gasteiger charge is 2.12. The Balaban J connectivity index is 2.24. The number of hydrogen-bond donors (Lipinski definition) is 2. The van der Waals surface area contributed by atoms with Crippen LogP contribution in [0, 0.1) is 5.82 Å². The number of aromatic nitrogens is 2. The van der Waals surface area contributed by atoms with Crippen LogP contribution in [0.4, 0.5) is 15.9 Å². The molecule has 0 aromatic carbocycles. The van der Waals surface area contributed by atoms with E-state index in [4.69, 9.17) is 17.3 Å². The van der Waals surface area contributed by atoms with Crippen LogP contribution >= 0.6 is 11.6 Å². The molecule has 0 aliphatic carbocycles. The van der Waals surface area contributed by atoms with Gasteiger partial charge in [-0.2, -0.15) is 0 Å². The van der Waals surface area contributed by atoms with Gasteiger partial charge in [-0.1, -0.05) is 11.6 Å². The fraction of sp³-hybridized carbons (Fsp3) is 0. The van der Waals surface area contributed by atoms with Crippen molar-refractivity contribution < 1.29 is 9.18 Å². The van der Waals surface area contributed by atoms with E-state index in [1.807, 2.05) is 0 Å². The molecule has 92 valence electrons. The highest BCUT2D eigenvalue weighted by molar-refractivity contribution is 6.34. The Labute approximate surface area is 107 Å². The second kappa shape index (κ2) is 4.97. The number of halogens is 2. The van der Waals surface area contributed by atoms with Crippen molar-refractivity contribution >= 4 is 29.0 Å². The second-order valence-corrected chi connectivity index (χ2v) is 3.84. The molecule has 0 bridgehead atoms. The molecule has 0 saturated heterocycles. The average Bonchev–Trinajstić information content (AvgIpc) is 2.32. The smallest absolute Gasteiger partial charge is 0.257 e. The maximum atomic E-state index is 12.9. The zero-order chi connectivity index (χ0) is 13.1. The molecular formula is C11H8ClFN4O. The lowest BCUT2D eigenvalue weighted by Crippen LogP contribution is -2.13. The summed E-state index contributed by atoms with van der Waals surface area (Å²) in [6.45, 7) is 0. The summed E-state index contributed by atoms with van der Waals surface area (Å²) in [6, 6.07) is 2.48. The molecule has 18 heavy (non-hydrogen) atoms. The third kappa shape index (κ3) is 2.72. The second-order valence-electron chi connectivity index (χ2n) is 3.43. The van der Waals surface area contributed by atoms with Crippen LogP contribution in [0.25, 0.3) is 0 Å². The zero-order valence-electron chi connectivity index (χ0n) is 9.02. The maximum Gasteiger partial charge on any atom is 0.257 e. The van der Waals surface area contributed by atoms with Gasteiger partial charge in [-0.05, 0) is 6.07 Å². The van der Waals surface area contributed by atoms with E-state index in [0.717, 1.165) is 12.3 Å². The summed E-state index contributed by atoms with van der Waals surface area (Å²) in [5.41, 5.74) is 5.85. The van der Waals surface area contributed by atoms with Crippen LogP contribution in [0.1, 0.15) is 10.4 Å². The Bertz CT molecular complexity index is 605. The summed E-state index contributed by atoms with van der Waals surface area (Å²) in [4.78, 5) is 19.2. The molecule has 0 fully saturated rings. The Morgan fingerprint density at radius 2 is 2.11 bits per heavy atom. The Morgan fingerprint density at radius 3 is 2.83 bits per heavy atom. The number of anilines is 2. The number of nitrogen functional groups attached to an aromatic ring is 1. The normalized spacial score (nSPS) is 10.1. The first kappa shape index (κ1) is 12.3. The van der Waals surface area contributed by atoms with Gasteiger partial charge in [-0.3, -0.25) is 9.78 Å². The predicted octanol–water partition coefficient (Wildman–Crippen LogP) is 2.10. The predicted molar refractivity (Wildman–Crippen MR) is 65.8 cm³/mol. The third-order valence-corrected chi connectivity index (χ3v) is 2.39. The van der Waals surface area contributed by atoms with Crippen LogP contribution in [0.2, 0.25) is 5.02 Å². The molecule has 0 aliphatic rings. The van der Waals surface area contributed by atoms with Crippen molar-refractivity contribution in [1.82, 2.24) is 9.97 Å². The van der Waals surface area contributed by atoms with Gasteiger partial charge < -0.3 is 11.1 Å². The molecule has 2 aromatic rings.